The molecule has 0 aliphatic carbocycles. The van der Waals surface area contributed by atoms with E-state index in [-0.39, 0.29) is 23.4 Å². The zero-order chi connectivity index (χ0) is 12.2. The first-order valence-corrected chi connectivity index (χ1v) is 6.45. The molecule has 16 heavy (non-hydrogen) atoms. The highest BCUT2D eigenvalue weighted by Crippen LogP contribution is 2.19. The van der Waals surface area contributed by atoms with E-state index in [0.29, 0.717) is 0 Å². The molecule has 0 bridgehead atoms. The van der Waals surface area contributed by atoms with E-state index in [1.807, 2.05) is 0 Å². The first-order valence-electron chi connectivity index (χ1n) is 6.45. The van der Waals surface area contributed by atoms with E-state index in [0.717, 1.165) is 19.4 Å². The van der Waals surface area contributed by atoms with Crippen molar-refractivity contribution in [2.45, 2.75) is 65.5 Å². The Kier molecular flexibility index (Phi) is 4.78. The molecule has 3 nitrogen and oxygen atoms in total. The average molecular weight is 226 g/mol. The van der Waals surface area contributed by atoms with Crippen LogP contribution in [0.3, 0.4) is 0 Å². The van der Waals surface area contributed by atoms with Crippen molar-refractivity contribution < 1.29 is 4.79 Å². The van der Waals surface area contributed by atoms with Crippen LogP contribution in [0.2, 0.25) is 0 Å². The topological polar surface area (TPSA) is 41.1 Å². The predicted octanol–water partition coefficient (Wildman–Crippen LogP) is 2.07. The Morgan fingerprint density at radius 3 is 2.62 bits per heavy atom. The standard InChI is InChI=1S/C13H26N2O/c1-10(13(2,3)4)15-12(16)11-8-6-5-7-9-14-11/h10-11,14H,5-9H2,1-4H3,(H,15,16). The molecular weight excluding hydrogens is 200 g/mol. The number of rotatable bonds is 2. The molecule has 1 heterocycles. The van der Waals surface area contributed by atoms with Gasteiger partial charge >= 0.3 is 0 Å². The summed E-state index contributed by atoms with van der Waals surface area (Å²) in [7, 11) is 0. The second-order valence-electron chi connectivity index (χ2n) is 5.95. The van der Waals surface area contributed by atoms with Crippen LogP contribution in [-0.2, 0) is 4.79 Å². The van der Waals surface area contributed by atoms with Gasteiger partial charge in [-0.15, -0.1) is 0 Å². The second kappa shape index (κ2) is 5.67. The van der Waals surface area contributed by atoms with Gasteiger partial charge in [-0.1, -0.05) is 33.6 Å². The Morgan fingerprint density at radius 1 is 1.31 bits per heavy atom. The second-order valence-corrected chi connectivity index (χ2v) is 5.95. The molecular formula is C13H26N2O. The van der Waals surface area contributed by atoms with E-state index >= 15 is 0 Å². The SMILES string of the molecule is CC(NC(=O)C1CCCCCN1)C(C)(C)C. The van der Waals surface area contributed by atoms with Gasteiger partial charge in [-0.3, -0.25) is 4.79 Å². The van der Waals surface area contributed by atoms with Gasteiger partial charge in [-0.05, 0) is 31.7 Å². The molecule has 0 radical (unpaired) electrons. The van der Waals surface area contributed by atoms with Crippen molar-refractivity contribution in [1.29, 1.82) is 0 Å². The van der Waals surface area contributed by atoms with Gasteiger partial charge in [0.15, 0.2) is 0 Å². The molecule has 1 fully saturated rings. The highest BCUT2D eigenvalue weighted by atomic mass is 16.2. The zero-order valence-corrected chi connectivity index (χ0v) is 11.1. The monoisotopic (exact) mass is 226 g/mol. The first kappa shape index (κ1) is 13.5. The highest BCUT2D eigenvalue weighted by molar-refractivity contribution is 5.82. The van der Waals surface area contributed by atoms with Gasteiger partial charge in [-0.25, -0.2) is 0 Å². The lowest BCUT2D eigenvalue weighted by atomic mass is 9.88. The van der Waals surface area contributed by atoms with Crippen LogP contribution < -0.4 is 10.6 Å². The number of amides is 1. The summed E-state index contributed by atoms with van der Waals surface area (Å²) in [6, 6.07) is 0.234. The maximum absolute atomic E-state index is 12.0. The number of carbonyl (C=O) groups is 1. The van der Waals surface area contributed by atoms with E-state index in [4.69, 9.17) is 0 Å². The minimum atomic E-state index is 0.0206. The summed E-state index contributed by atoms with van der Waals surface area (Å²) in [4.78, 5) is 12.0. The van der Waals surface area contributed by atoms with Crippen LogP contribution in [0, 0.1) is 5.41 Å². The normalized spacial score (nSPS) is 24.6. The largest absolute Gasteiger partial charge is 0.352 e. The van der Waals surface area contributed by atoms with Gasteiger partial charge < -0.3 is 10.6 Å². The Hall–Kier alpha value is -0.570. The minimum Gasteiger partial charge on any atom is -0.352 e. The van der Waals surface area contributed by atoms with Crippen LogP contribution in [0.4, 0.5) is 0 Å². The molecule has 3 heteroatoms. The third-order valence-electron chi connectivity index (χ3n) is 3.53. The predicted molar refractivity (Wildman–Crippen MR) is 67.3 cm³/mol. The fourth-order valence-corrected chi connectivity index (χ4v) is 1.78. The number of carbonyl (C=O) groups excluding carboxylic acids is 1. The molecule has 1 rings (SSSR count). The van der Waals surface area contributed by atoms with Gasteiger partial charge in [0.25, 0.3) is 0 Å². The lowest BCUT2D eigenvalue weighted by Gasteiger charge is -2.29. The Balaban J connectivity index is 2.44. The molecule has 0 saturated carbocycles. The van der Waals surface area contributed by atoms with Crippen LogP contribution in [-0.4, -0.2) is 24.5 Å². The van der Waals surface area contributed by atoms with Gasteiger partial charge in [0, 0.05) is 6.04 Å². The summed E-state index contributed by atoms with van der Waals surface area (Å²) in [5.74, 6) is 0.171. The van der Waals surface area contributed by atoms with Crippen LogP contribution in [0.1, 0.15) is 53.4 Å². The molecule has 0 spiro atoms. The van der Waals surface area contributed by atoms with Crippen molar-refractivity contribution >= 4 is 5.91 Å². The van der Waals surface area contributed by atoms with E-state index in [1.54, 1.807) is 0 Å². The molecule has 2 atom stereocenters. The Bertz CT molecular complexity index is 225. The first-order chi connectivity index (χ1) is 7.41. The van der Waals surface area contributed by atoms with Crippen molar-refractivity contribution in [3.8, 4) is 0 Å². The summed E-state index contributed by atoms with van der Waals surface area (Å²) in [6.07, 6.45) is 4.57. The molecule has 0 aromatic rings. The van der Waals surface area contributed by atoms with Gasteiger partial charge in [0.05, 0.1) is 6.04 Å². The van der Waals surface area contributed by atoms with Gasteiger partial charge in [0.1, 0.15) is 0 Å². The maximum Gasteiger partial charge on any atom is 0.237 e. The van der Waals surface area contributed by atoms with Crippen LogP contribution in [0.5, 0.6) is 0 Å². The van der Waals surface area contributed by atoms with Crippen LogP contribution in [0.15, 0.2) is 0 Å². The van der Waals surface area contributed by atoms with E-state index in [2.05, 4.69) is 38.3 Å². The van der Waals surface area contributed by atoms with Crippen molar-refractivity contribution in [3.05, 3.63) is 0 Å². The third kappa shape index (κ3) is 4.12. The van der Waals surface area contributed by atoms with Crippen LogP contribution >= 0.6 is 0 Å². The zero-order valence-electron chi connectivity index (χ0n) is 11.1. The van der Waals surface area contributed by atoms with Gasteiger partial charge in [-0.2, -0.15) is 0 Å². The molecule has 2 N–H and O–H groups in total. The summed E-state index contributed by atoms with van der Waals surface area (Å²) < 4.78 is 0. The maximum atomic E-state index is 12.0. The number of nitrogens with one attached hydrogen (secondary N) is 2. The summed E-state index contributed by atoms with van der Waals surface area (Å²) in [5, 5.41) is 6.44. The molecule has 94 valence electrons. The van der Waals surface area contributed by atoms with Crippen molar-refractivity contribution in [3.63, 3.8) is 0 Å². The average Bonchev–Trinajstić information content (AvgIpc) is 2.43. The molecule has 1 saturated heterocycles. The van der Waals surface area contributed by atoms with E-state index in [1.165, 1.54) is 12.8 Å². The number of hydrogen-bond acceptors (Lipinski definition) is 2. The van der Waals surface area contributed by atoms with E-state index < -0.39 is 0 Å². The van der Waals surface area contributed by atoms with Crippen molar-refractivity contribution in [2.24, 2.45) is 5.41 Å². The fraction of sp³-hybridized carbons (Fsp3) is 0.923. The van der Waals surface area contributed by atoms with Crippen LogP contribution in [0.25, 0.3) is 0 Å². The molecule has 1 aliphatic rings. The molecule has 1 aliphatic heterocycles. The quantitative estimate of drug-likeness (QED) is 0.757. The van der Waals surface area contributed by atoms with E-state index in [9.17, 15) is 4.79 Å². The van der Waals surface area contributed by atoms with Crippen molar-refractivity contribution in [2.75, 3.05) is 6.54 Å². The molecule has 0 aromatic heterocycles. The Labute approximate surface area is 99.4 Å². The molecule has 2 unspecified atom stereocenters. The summed E-state index contributed by atoms with van der Waals surface area (Å²) in [6.45, 7) is 9.51. The smallest absolute Gasteiger partial charge is 0.237 e. The highest BCUT2D eigenvalue weighted by Gasteiger charge is 2.25. The summed E-state index contributed by atoms with van der Waals surface area (Å²) >= 11 is 0. The fourth-order valence-electron chi connectivity index (χ4n) is 1.78. The van der Waals surface area contributed by atoms with Gasteiger partial charge in [0.2, 0.25) is 5.91 Å². The molecule has 0 aromatic carbocycles. The van der Waals surface area contributed by atoms with Crippen molar-refractivity contribution in [1.82, 2.24) is 10.6 Å². The lowest BCUT2D eigenvalue weighted by Crippen LogP contribution is -2.50. The third-order valence-corrected chi connectivity index (χ3v) is 3.53. The summed E-state index contributed by atoms with van der Waals surface area (Å²) in [5.41, 5.74) is 0.125. The lowest BCUT2D eigenvalue weighted by molar-refractivity contribution is -0.124. The number of hydrogen-bond donors (Lipinski definition) is 2. The minimum absolute atomic E-state index is 0.0206. The Morgan fingerprint density at radius 2 is 2.00 bits per heavy atom. The molecule has 1 amide bonds.